The fourth-order valence-electron chi connectivity index (χ4n) is 1.21. The molecule has 0 aliphatic carbocycles. The zero-order valence-corrected chi connectivity index (χ0v) is 10.7. The quantitative estimate of drug-likeness (QED) is 0.439. The Hall–Kier alpha value is -1.90. The van der Waals surface area contributed by atoms with Gasteiger partial charge in [0.25, 0.3) is 0 Å². The Labute approximate surface area is 111 Å². The predicted molar refractivity (Wildman–Crippen MR) is 70.2 cm³/mol. The molecule has 0 fully saturated rings. The van der Waals surface area contributed by atoms with E-state index in [1.54, 1.807) is 13.0 Å². The molecule has 0 radical (unpaired) electrons. The molecule has 0 atom stereocenters. The second kappa shape index (κ2) is 5.83. The number of halogens is 3. The van der Waals surface area contributed by atoms with Crippen LogP contribution in [0.3, 0.4) is 0 Å². The van der Waals surface area contributed by atoms with E-state index in [2.05, 4.69) is 9.98 Å². The van der Waals surface area contributed by atoms with Crippen LogP contribution in [-0.2, 0) is 0 Å². The van der Waals surface area contributed by atoms with Crippen LogP contribution in [0.5, 0.6) is 0 Å². The predicted octanol–water partition coefficient (Wildman–Crippen LogP) is 1.83. The first-order valence-electron chi connectivity index (χ1n) is 4.97. The molecule has 19 heavy (non-hydrogen) atoms. The van der Waals surface area contributed by atoms with Gasteiger partial charge in [-0.1, -0.05) is 6.07 Å². The van der Waals surface area contributed by atoms with Crippen LogP contribution in [0.1, 0.15) is 5.56 Å². The summed E-state index contributed by atoms with van der Waals surface area (Å²) in [6, 6.07) is 4.32. The fourth-order valence-corrected chi connectivity index (χ4v) is 1.80. The number of thioether (sulfide) groups is 1. The first-order valence-corrected chi connectivity index (χ1v) is 5.79. The maximum Gasteiger partial charge on any atom is 0.446 e. The van der Waals surface area contributed by atoms with Crippen LogP contribution in [0.2, 0.25) is 0 Å². The van der Waals surface area contributed by atoms with Gasteiger partial charge in [-0.3, -0.25) is 0 Å². The molecule has 0 spiro atoms. The van der Waals surface area contributed by atoms with Crippen molar-refractivity contribution in [3.8, 4) is 0 Å². The van der Waals surface area contributed by atoms with Crippen LogP contribution in [-0.4, -0.2) is 17.4 Å². The summed E-state index contributed by atoms with van der Waals surface area (Å²) in [6.45, 7) is 1.72. The Morgan fingerprint density at radius 2 is 1.84 bits per heavy atom. The summed E-state index contributed by atoms with van der Waals surface area (Å²) in [4.78, 5) is 7.14. The highest BCUT2D eigenvalue weighted by Crippen LogP contribution is 2.41. The number of hydrogen-bond acceptors (Lipinski definition) is 2. The molecule has 5 nitrogen and oxygen atoms in total. The minimum atomic E-state index is -4.41. The average molecular weight is 291 g/mol. The second-order valence-corrected chi connectivity index (χ2v) is 4.63. The van der Waals surface area contributed by atoms with E-state index >= 15 is 0 Å². The monoisotopic (exact) mass is 291 g/mol. The lowest BCUT2D eigenvalue weighted by molar-refractivity contribution is -0.0328. The molecular weight excluding hydrogens is 279 g/mol. The summed E-state index contributed by atoms with van der Waals surface area (Å²) < 4.78 is 37.2. The van der Waals surface area contributed by atoms with Gasteiger partial charge in [0.15, 0.2) is 5.96 Å². The lowest BCUT2D eigenvalue weighted by Gasteiger charge is -2.09. The first kappa shape index (κ1) is 15.2. The van der Waals surface area contributed by atoms with E-state index in [9.17, 15) is 13.2 Å². The molecule has 1 aromatic carbocycles. The molecule has 1 rings (SSSR count). The molecule has 0 aliphatic heterocycles. The van der Waals surface area contributed by atoms with Gasteiger partial charge in [-0.25, -0.2) is 4.99 Å². The Morgan fingerprint density at radius 3 is 2.37 bits per heavy atom. The number of aryl methyl sites for hydroxylation is 1. The highest BCUT2D eigenvalue weighted by atomic mass is 32.2. The molecule has 0 unspecified atom stereocenters. The van der Waals surface area contributed by atoms with Gasteiger partial charge in [0.05, 0.1) is 5.69 Å². The van der Waals surface area contributed by atoms with Crippen LogP contribution >= 0.6 is 11.8 Å². The maximum atomic E-state index is 12.4. The topological polar surface area (TPSA) is 103 Å². The zero-order chi connectivity index (χ0) is 14.6. The van der Waals surface area contributed by atoms with Crippen molar-refractivity contribution in [1.82, 2.24) is 0 Å². The second-order valence-electron chi connectivity index (χ2n) is 3.53. The molecule has 1 aromatic rings. The van der Waals surface area contributed by atoms with Gasteiger partial charge in [0, 0.05) is 4.90 Å². The van der Waals surface area contributed by atoms with E-state index in [0.29, 0.717) is 0 Å². The molecule has 0 saturated carbocycles. The number of aliphatic imine (C=N–C) groups is 2. The molecule has 0 aromatic heterocycles. The van der Waals surface area contributed by atoms with Gasteiger partial charge in [-0.2, -0.15) is 18.2 Å². The third kappa shape index (κ3) is 5.51. The lowest BCUT2D eigenvalue weighted by atomic mass is 10.2. The van der Waals surface area contributed by atoms with Crippen molar-refractivity contribution in [3.05, 3.63) is 23.8 Å². The standard InChI is InChI=1S/C10H12F3N5S/c1-5-2-3-7(19-10(11,12)13)6(4-5)17-9(16)18-8(14)15/h2-4H,1H3,(H6,14,15,16,17,18). The van der Waals surface area contributed by atoms with Crippen LogP contribution in [0.25, 0.3) is 0 Å². The first-order chi connectivity index (χ1) is 8.67. The fraction of sp³-hybridized carbons (Fsp3) is 0.200. The van der Waals surface area contributed by atoms with Gasteiger partial charge < -0.3 is 17.2 Å². The molecule has 0 aliphatic rings. The number of hydrogen-bond donors (Lipinski definition) is 3. The van der Waals surface area contributed by atoms with Crippen molar-refractivity contribution in [2.24, 2.45) is 27.2 Å². The molecule has 0 heterocycles. The summed E-state index contributed by atoms with van der Waals surface area (Å²) in [6.07, 6.45) is 0. The largest absolute Gasteiger partial charge is 0.446 e. The van der Waals surface area contributed by atoms with E-state index < -0.39 is 5.51 Å². The highest BCUT2D eigenvalue weighted by molar-refractivity contribution is 8.00. The zero-order valence-electron chi connectivity index (χ0n) is 9.90. The minimum Gasteiger partial charge on any atom is -0.370 e. The number of benzene rings is 1. The smallest absolute Gasteiger partial charge is 0.370 e. The Morgan fingerprint density at radius 1 is 1.21 bits per heavy atom. The normalized spacial score (nSPS) is 12.3. The maximum absolute atomic E-state index is 12.4. The molecule has 6 N–H and O–H groups in total. The van der Waals surface area contributed by atoms with E-state index in [4.69, 9.17) is 17.2 Å². The summed E-state index contributed by atoms with van der Waals surface area (Å²) in [7, 11) is 0. The third-order valence-corrected chi connectivity index (χ3v) is 2.62. The number of nitrogens with two attached hydrogens (primary N) is 3. The highest BCUT2D eigenvalue weighted by Gasteiger charge is 2.30. The van der Waals surface area contributed by atoms with Crippen LogP contribution in [0.15, 0.2) is 33.1 Å². The van der Waals surface area contributed by atoms with Crippen molar-refractivity contribution in [1.29, 1.82) is 0 Å². The van der Waals surface area contributed by atoms with E-state index in [1.807, 2.05) is 0 Å². The molecule has 9 heteroatoms. The van der Waals surface area contributed by atoms with Gasteiger partial charge in [-0.05, 0) is 36.4 Å². The van der Waals surface area contributed by atoms with Crippen molar-refractivity contribution in [3.63, 3.8) is 0 Å². The molecule has 0 amide bonds. The summed E-state index contributed by atoms with van der Waals surface area (Å²) >= 11 is -0.277. The SMILES string of the molecule is Cc1ccc(SC(F)(F)F)c(N=C(N)N=C(N)N)c1. The Bertz CT molecular complexity index is 520. The molecule has 104 valence electrons. The summed E-state index contributed by atoms with van der Waals surface area (Å²) in [5.41, 5.74) is 12.0. The summed E-state index contributed by atoms with van der Waals surface area (Å²) in [5.74, 6) is -0.631. The van der Waals surface area contributed by atoms with Gasteiger partial charge in [-0.15, -0.1) is 0 Å². The number of nitrogens with zero attached hydrogens (tertiary/aromatic N) is 2. The van der Waals surface area contributed by atoms with Gasteiger partial charge in [0.1, 0.15) is 0 Å². The third-order valence-electron chi connectivity index (χ3n) is 1.82. The van der Waals surface area contributed by atoms with Crippen molar-refractivity contribution in [2.45, 2.75) is 17.3 Å². The van der Waals surface area contributed by atoms with E-state index in [1.165, 1.54) is 12.1 Å². The van der Waals surface area contributed by atoms with Crippen molar-refractivity contribution in [2.75, 3.05) is 0 Å². The summed E-state index contributed by atoms with van der Waals surface area (Å²) in [5, 5.41) is 0. The molecule has 0 bridgehead atoms. The average Bonchev–Trinajstić information content (AvgIpc) is 2.19. The Balaban J connectivity index is 3.18. The van der Waals surface area contributed by atoms with Crippen LogP contribution in [0, 0.1) is 6.92 Å². The minimum absolute atomic E-state index is 0.0600. The van der Waals surface area contributed by atoms with Crippen LogP contribution < -0.4 is 17.2 Å². The van der Waals surface area contributed by atoms with E-state index in [0.717, 1.165) is 5.56 Å². The van der Waals surface area contributed by atoms with Crippen molar-refractivity contribution >= 4 is 29.4 Å². The van der Waals surface area contributed by atoms with Crippen LogP contribution in [0.4, 0.5) is 18.9 Å². The number of rotatable bonds is 2. The van der Waals surface area contributed by atoms with Crippen molar-refractivity contribution < 1.29 is 13.2 Å². The molecular formula is C10H12F3N5S. The van der Waals surface area contributed by atoms with Gasteiger partial charge >= 0.3 is 5.51 Å². The number of alkyl halides is 3. The van der Waals surface area contributed by atoms with Gasteiger partial charge in [0.2, 0.25) is 5.96 Å². The molecule has 0 saturated heterocycles. The Kier molecular flexibility index (Phi) is 4.65. The lowest BCUT2D eigenvalue weighted by Crippen LogP contribution is -2.26. The number of guanidine groups is 2. The van der Waals surface area contributed by atoms with E-state index in [-0.39, 0.29) is 34.3 Å².